The van der Waals surface area contributed by atoms with Crippen molar-refractivity contribution in [1.29, 1.82) is 0 Å². The van der Waals surface area contributed by atoms with Gasteiger partial charge in [-0.25, -0.2) is 0 Å². The predicted octanol–water partition coefficient (Wildman–Crippen LogP) is 4.76. The van der Waals surface area contributed by atoms with Gasteiger partial charge < -0.3 is 15.7 Å². The molecular formula is C21H34N2O3. The first-order valence-electron chi connectivity index (χ1n) is 9.97. The van der Waals surface area contributed by atoms with E-state index < -0.39 is 0 Å². The van der Waals surface area contributed by atoms with E-state index in [1.54, 1.807) is 12.1 Å². The molecule has 0 heterocycles. The molecule has 26 heavy (non-hydrogen) atoms. The van der Waals surface area contributed by atoms with Gasteiger partial charge in [-0.15, -0.1) is 0 Å². The molecule has 0 bridgehead atoms. The predicted molar refractivity (Wildman–Crippen MR) is 106 cm³/mol. The van der Waals surface area contributed by atoms with Crippen molar-refractivity contribution in [2.24, 2.45) is 0 Å². The Morgan fingerprint density at radius 3 is 2.00 bits per heavy atom. The minimum absolute atomic E-state index is 0.0189. The van der Waals surface area contributed by atoms with Crippen molar-refractivity contribution >= 4 is 17.5 Å². The van der Waals surface area contributed by atoms with Crippen molar-refractivity contribution in [2.45, 2.75) is 77.6 Å². The number of hydrogen-bond donors (Lipinski definition) is 3. The Bertz CT molecular complexity index is 514. The van der Waals surface area contributed by atoms with Gasteiger partial charge in [0.1, 0.15) is 5.75 Å². The number of unbranched alkanes of at least 4 members (excludes halogenated alkanes) is 8. The number of benzene rings is 1. The molecule has 0 aromatic heterocycles. The van der Waals surface area contributed by atoms with Crippen molar-refractivity contribution in [2.75, 3.05) is 11.9 Å². The van der Waals surface area contributed by atoms with Gasteiger partial charge in [0.25, 0.3) is 0 Å². The minimum atomic E-state index is -0.154. The van der Waals surface area contributed by atoms with Crippen LogP contribution in [0.25, 0.3) is 0 Å². The van der Waals surface area contributed by atoms with Gasteiger partial charge in [0.05, 0.1) is 0 Å². The SMILES string of the molecule is CCCCCCCCCCCC(=O)NCCC(=O)Nc1ccc(O)cc1. The van der Waals surface area contributed by atoms with E-state index in [0.29, 0.717) is 18.7 Å². The van der Waals surface area contributed by atoms with Gasteiger partial charge in [-0.05, 0) is 30.7 Å². The zero-order valence-electron chi connectivity index (χ0n) is 16.1. The average Bonchev–Trinajstić information content (AvgIpc) is 2.62. The lowest BCUT2D eigenvalue weighted by Crippen LogP contribution is -2.27. The molecule has 3 N–H and O–H groups in total. The summed E-state index contributed by atoms with van der Waals surface area (Å²) in [4.78, 5) is 23.5. The zero-order chi connectivity index (χ0) is 19.0. The first-order valence-corrected chi connectivity index (χ1v) is 9.97. The van der Waals surface area contributed by atoms with Crippen molar-refractivity contribution < 1.29 is 14.7 Å². The fraction of sp³-hybridized carbons (Fsp3) is 0.619. The Kier molecular flexibility index (Phi) is 12.0. The summed E-state index contributed by atoms with van der Waals surface area (Å²) < 4.78 is 0. The maximum atomic E-state index is 11.8. The fourth-order valence-electron chi connectivity index (χ4n) is 2.77. The molecular weight excluding hydrogens is 328 g/mol. The van der Waals surface area contributed by atoms with Crippen LogP contribution in [0.5, 0.6) is 5.75 Å². The highest BCUT2D eigenvalue weighted by atomic mass is 16.3. The summed E-state index contributed by atoms with van der Waals surface area (Å²) in [6.45, 7) is 2.58. The number of phenolic OH excluding ortho intramolecular Hbond substituents is 1. The van der Waals surface area contributed by atoms with Crippen LogP contribution in [-0.4, -0.2) is 23.5 Å². The van der Waals surface area contributed by atoms with Crippen molar-refractivity contribution in [3.8, 4) is 5.75 Å². The van der Waals surface area contributed by atoms with Crippen LogP contribution in [-0.2, 0) is 9.59 Å². The summed E-state index contributed by atoms with van der Waals surface area (Å²) in [6.07, 6.45) is 11.9. The average molecular weight is 363 g/mol. The highest BCUT2D eigenvalue weighted by Crippen LogP contribution is 2.13. The van der Waals surface area contributed by atoms with E-state index in [1.807, 2.05) is 0 Å². The topological polar surface area (TPSA) is 78.4 Å². The number of anilines is 1. The Hall–Kier alpha value is -2.04. The number of nitrogens with one attached hydrogen (secondary N) is 2. The van der Waals surface area contributed by atoms with E-state index in [-0.39, 0.29) is 24.0 Å². The van der Waals surface area contributed by atoms with Crippen molar-refractivity contribution in [1.82, 2.24) is 5.32 Å². The van der Waals surface area contributed by atoms with Crippen molar-refractivity contribution in [3.05, 3.63) is 24.3 Å². The molecule has 1 rings (SSSR count). The van der Waals surface area contributed by atoms with Gasteiger partial charge in [0, 0.05) is 25.1 Å². The number of amides is 2. The molecule has 2 amide bonds. The largest absolute Gasteiger partial charge is 0.508 e. The summed E-state index contributed by atoms with van der Waals surface area (Å²) in [6, 6.07) is 6.30. The number of hydrogen-bond acceptors (Lipinski definition) is 3. The van der Waals surface area contributed by atoms with Gasteiger partial charge in [-0.1, -0.05) is 58.3 Å². The summed E-state index contributed by atoms with van der Waals surface area (Å²) >= 11 is 0. The smallest absolute Gasteiger partial charge is 0.226 e. The minimum Gasteiger partial charge on any atom is -0.508 e. The summed E-state index contributed by atoms with van der Waals surface area (Å²) in [5, 5.41) is 14.7. The summed E-state index contributed by atoms with van der Waals surface area (Å²) in [7, 11) is 0. The molecule has 1 aromatic carbocycles. The molecule has 0 atom stereocenters. The number of phenols is 1. The second-order valence-corrected chi connectivity index (χ2v) is 6.77. The Balaban J connectivity index is 1.96. The second-order valence-electron chi connectivity index (χ2n) is 6.77. The molecule has 0 saturated heterocycles. The summed E-state index contributed by atoms with van der Waals surface area (Å²) in [5.74, 6) is 0.0243. The number of carbonyl (C=O) groups is 2. The lowest BCUT2D eigenvalue weighted by atomic mass is 10.1. The van der Waals surface area contributed by atoms with E-state index in [2.05, 4.69) is 17.6 Å². The van der Waals surface area contributed by atoms with Gasteiger partial charge >= 0.3 is 0 Å². The molecule has 0 unspecified atom stereocenters. The maximum Gasteiger partial charge on any atom is 0.226 e. The van der Waals surface area contributed by atoms with Crippen LogP contribution in [0.1, 0.15) is 77.6 Å². The third-order valence-corrected chi connectivity index (χ3v) is 4.33. The van der Waals surface area contributed by atoms with E-state index in [1.165, 1.54) is 57.1 Å². The fourth-order valence-corrected chi connectivity index (χ4v) is 2.77. The third kappa shape index (κ3) is 11.5. The molecule has 0 aliphatic carbocycles. The van der Waals surface area contributed by atoms with Gasteiger partial charge in [-0.2, -0.15) is 0 Å². The Labute approximate surface area is 157 Å². The zero-order valence-corrected chi connectivity index (χ0v) is 16.1. The third-order valence-electron chi connectivity index (χ3n) is 4.33. The highest BCUT2D eigenvalue weighted by molar-refractivity contribution is 5.91. The summed E-state index contributed by atoms with van der Waals surface area (Å²) in [5.41, 5.74) is 0.633. The van der Waals surface area contributed by atoms with Crippen LogP contribution in [0, 0.1) is 0 Å². The first-order chi connectivity index (χ1) is 12.6. The molecule has 0 radical (unpaired) electrons. The molecule has 0 aliphatic heterocycles. The van der Waals surface area contributed by atoms with E-state index in [0.717, 1.165) is 12.8 Å². The number of aromatic hydroxyl groups is 1. The molecule has 0 aliphatic rings. The number of rotatable bonds is 14. The Morgan fingerprint density at radius 1 is 0.808 bits per heavy atom. The molecule has 5 heteroatoms. The molecule has 0 saturated carbocycles. The van der Waals surface area contributed by atoms with Crippen LogP contribution in [0.2, 0.25) is 0 Å². The van der Waals surface area contributed by atoms with Gasteiger partial charge in [-0.3, -0.25) is 9.59 Å². The van der Waals surface area contributed by atoms with E-state index >= 15 is 0 Å². The molecule has 0 fully saturated rings. The molecule has 5 nitrogen and oxygen atoms in total. The second kappa shape index (κ2) is 14.2. The van der Waals surface area contributed by atoms with E-state index in [9.17, 15) is 14.7 Å². The quantitative estimate of drug-likeness (QED) is 0.330. The van der Waals surface area contributed by atoms with Crippen LogP contribution < -0.4 is 10.6 Å². The number of carbonyl (C=O) groups excluding carboxylic acids is 2. The maximum absolute atomic E-state index is 11.8. The monoisotopic (exact) mass is 362 g/mol. The van der Waals surface area contributed by atoms with Crippen LogP contribution in [0.3, 0.4) is 0 Å². The normalized spacial score (nSPS) is 10.5. The molecule has 0 spiro atoms. The lowest BCUT2D eigenvalue weighted by molar-refractivity contribution is -0.121. The van der Waals surface area contributed by atoms with Crippen LogP contribution in [0.4, 0.5) is 5.69 Å². The molecule has 146 valence electrons. The standard InChI is InChI=1S/C21H34N2O3/c1-2-3-4-5-6-7-8-9-10-11-20(25)22-17-16-21(26)23-18-12-14-19(24)15-13-18/h12-15,24H,2-11,16-17H2,1H3,(H,22,25)(H,23,26). The highest BCUT2D eigenvalue weighted by Gasteiger charge is 2.05. The first kappa shape index (κ1) is 22.0. The Morgan fingerprint density at radius 2 is 1.38 bits per heavy atom. The van der Waals surface area contributed by atoms with Crippen LogP contribution >= 0.6 is 0 Å². The van der Waals surface area contributed by atoms with Gasteiger partial charge in [0.15, 0.2) is 0 Å². The van der Waals surface area contributed by atoms with Crippen LogP contribution in [0.15, 0.2) is 24.3 Å². The van der Waals surface area contributed by atoms with Crippen molar-refractivity contribution in [3.63, 3.8) is 0 Å². The van der Waals surface area contributed by atoms with Gasteiger partial charge in [0.2, 0.25) is 11.8 Å². The molecule has 1 aromatic rings. The lowest BCUT2D eigenvalue weighted by Gasteiger charge is -2.07. The van der Waals surface area contributed by atoms with E-state index in [4.69, 9.17) is 0 Å².